The Morgan fingerprint density at radius 3 is 2.50 bits per heavy atom. The van der Waals surface area contributed by atoms with Gasteiger partial charge in [-0.1, -0.05) is 30.3 Å². The number of amides is 2. The minimum Gasteiger partial charge on any atom is -0.352 e. The van der Waals surface area contributed by atoms with E-state index >= 15 is 0 Å². The Morgan fingerprint density at radius 2 is 1.75 bits per heavy atom. The molecule has 2 N–H and O–H groups in total. The second-order valence-electron chi connectivity index (χ2n) is 6.04. The maximum absolute atomic E-state index is 13.7. The molecule has 0 saturated heterocycles. The quantitative estimate of drug-likeness (QED) is 0.503. The van der Waals surface area contributed by atoms with Crippen molar-refractivity contribution in [3.63, 3.8) is 0 Å². The molecule has 0 fully saturated rings. The summed E-state index contributed by atoms with van der Waals surface area (Å²) in [5.74, 6) is -1.68. The van der Waals surface area contributed by atoms with E-state index in [1.165, 1.54) is 0 Å². The molecule has 0 aliphatic heterocycles. The van der Waals surface area contributed by atoms with Gasteiger partial charge < -0.3 is 10.6 Å². The minimum atomic E-state index is -0.779. The number of benzene rings is 3. The van der Waals surface area contributed by atoms with Crippen molar-refractivity contribution in [3.8, 4) is 0 Å². The van der Waals surface area contributed by atoms with E-state index in [1.807, 2.05) is 30.3 Å². The van der Waals surface area contributed by atoms with Gasteiger partial charge in [0.05, 0.1) is 10.6 Å². The molecule has 0 heterocycles. The highest BCUT2D eigenvalue weighted by Gasteiger charge is 2.13. The Labute approximate surface area is 159 Å². The number of nitrogens with zero attached hydrogens (tertiary/aromatic N) is 1. The summed E-state index contributed by atoms with van der Waals surface area (Å²) in [5.41, 5.74) is -0.148. The normalized spacial score (nSPS) is 10.5. The number of rotatable bonds is 6. The molecule has 3 aromatic rings. The maximum atomic E-state index is 13.7. The van der Waals surface area contributed by atoms with Crippen LogP contribution in [0.15, 0.2) is 60.7 Å². The van der Waals surface area contributed by atoms with Crippen LogP contribution in [-0.2, 0) is 4.79 Å². The van der Waals surface area contributed by atoms with Crippen molar-refractivity contribution in [2.75, 3.05) is 11.9 Å². The van der Waals surface area contributed by atoms with Crippen LogP contribution in [0.5, 0.6) is 0 Å². The van der Waals surface area contributed by atoms with Crippen LogP contribution in [-0.4, -0.2) is 23.3 Å². The summed E-state index contributed by atoms with van der Waals surface area (Å²) in [6, 6.07) is 15.8. The van der Waals surface area contributed by atoms with Crippen molar-refractivity contribution < 1.29 is 18.9 Å². The van der Waals surface area contributed by atoms with Crippen LogP contribution in [0, 0.1) is 15.9 Å². The lowest BCUT2D eigenvalue weighted by Crippen LogP contribution is -2.27. The first-order valence-electron chi connectivity index (χ1n) is 8.45. The highest BCUT2D eigenvalue weighted by Crippen LogP contribution is 2.21. The molecular formula is C20H16FN3O4. The fourth-order valence-corrected chi connectivity index (χ4v) is 2.66. The summed E-state index contributed by atoms with van der Waals surface area (Å²) in [6.45, 7) is 0.0358. The molecule has 0 aliphatic rings. The molecule has 3 rings (SSSR count). The number of nitro groups is 1. The van der Waals surface area contributed by atoms with Crippen LogP contribution >= 0.6 is 0 Å². The van der Waals surface area contributed by atoms with Crippen LogP contribution < -0.4 is 10.6 Å². The first-order chi connectivity index (χ1) is 13.4. The number of halogens is 1. The van der Waals surface area contributed by atoms with Gasteiger partial charge in [0.2, 0.25) is 5.91 Å². The molecule has 0 bridgehead atoms. The average molecular weight is 381 g/mol. The first kappa shape index (κ1) is 19.0. The summed E-state index contributed by atoms with van der Waals surface area (Å²) in [6.07, 6.45) is -0.110. The molecule has 3 aromatic carbocycles. The van der Waals surface area contributed by atoms with E-state index < -0.39 is 16.6 Å². The van der Waals surface area contributed by atoms with Gasteiger partial charge in [-0.15, -0.1) is 0 Å². The van der Waals surface area contributed by atoms with Crippen LogP contribution in [0.1, 0.15) is 16.8 Å². The smallest absolute Gasteiger partial charge is 0.271 e. The number of hydrogen-bond donors (Lipinski definition) is 2. The number of fused-ring (bicyclic) bond motifs is 1. The first-order valence-corrected chi connectivity index (χ1v) is 8.45. The van der Waals surface area contributed by atoms with E-state index in [4.69, 9.17) is 0 Å². The topological polar surface area (TPSA) is 101 Å². The van der Waals surface area contributed by atoms with E-state index in [0.717, 1.165) is 29.0 Å². The fourth-order valence-electron chi connectivity index (χ4n) is 2.66. The molecule has 28 heavy (non-hydrogen) atoms. The lowest BCUT2D eigenvalue weighted by atomic mass is 10.1. The molecule has 0 unspecified atom stereocenters. The molecule has 0 aliphatic carbocycles. The number of carbonyl (C=O) groups excluding carboxylic acids is 2. The van der Waals surface area contributed by atoms with Gasteiger partial charge in [0.1, 0.15) is 5.82 Å². The summed E-state index contributed by atoms with van der Waals surface area (Å²) in [4.78, 5) is 34.2. The van der Waals surface area contributed by atoms with Gasteiger partial charge in [-0.3, -0.25) is 19.7 Å². The molecule has 0 atom stereocenters. The largest absolute Gasteiger partial charge is 0.352 e. The molecular weight excluding hydrogens is 365 g/mol. The molecule has 2 amide bonds. The number of non-ortho nitro benzene ring substituents is 1. The van der Waals surface area contributed by atoms with Crippen LogP contribution in [0.3, 0.4) is 0 Å². The van der Waals surface area contributed by atoms with Crippen LogP contribution in [0.2, 0.25) is 0 Å². The molecule has 0 spiro atoms. The van der Waals surface area contributed by atoms with E-state index in [9.17, 15) is 24.1 Å². The Bertz CT molecular complexity index is 1070. The molecule has 8 heteroatoms. The van der Waals surface area contributed by atoms with Crippen molar-refractivity contribution >= 4 is 34.0 Å². The third kappa shape index (κ3) is 4.47. The van der Waals surface area contributed by atoms with E-state index in [1.54, 1.807) is 12.1 Å². The Balaban J connectivity index is 1.55. The van der Waals surface area contributed by atoms with E-state index in [2.05, 4.69) is 10.6 Å². The Kier molecular flexibility index (Phi) is 5.59. The number of hydrogen-bond acceptors (Lipinski definition) is 4. The van der Waals surface area contributed by atoms with Gasteiger partial charge in [-0.25, -0.2) is 4.39 Å². The van der Waals surface area contributed by atoms with Crippen LogP contribution in [0.4, 0.5) is 15.8 Å². The Hall–Kier alpha value is -3.81. The lowest BCUT2D eigenvalue weighted by molar-refractivity contribution is -0.384. The fraction of sp³-hybridized carbons (Fsp3) is 0.100. The third-order valence-corrected chi connectivity index (χ3v) is 4.08. The van der Waals surface area contributed by atoms with Crippen molar-refractivity contribution in [2.45, 2.75) is 6.42 Å². The van der Waals surface area contributed by atoms with Gasteiger partial charge in [-0.05, 0) is 29.0 Å². The minimum absolute atomic E-state index is 0.0358. The van der Waals surface area contributed by atoms with Gasteiger partial charge in [0.15, 0.2) is 0 Å². The number of carbonyl (C=O) groups is 2. The summed E-state index contributed by atoms with van der Waals surface area (Å²) < 4.78 is 13.7. The molecule has 7 nitrogen and oxygen atoms in total. The van der Waals surface area contributed by atoms with Crippen molar-refractivity contribution in [1.29, 1.82) is 0 Å². The highest BCUT2D eigenvalue weighted by molar-refractivity contribution is 5.99. The summed E-state index contributed by atoms with van der Waals surface area (Å²) in [5, 5.41) is 17.6. The molecule has 0 radical (unpaired) electrons. The number of anilines is 1. The van der Waals surface area contributed by atoms with Gasteiger partial charge in [0.25, 0.3) is 11.6 Å². The second kappa shape index (κ2) is 8.26. The summed E-state index contributed by atoms with van der Waals surface area (Å²) >= 11 is 0. The summed E-state index contributed by atoms with van der Waals surface area (Å²) in [7, 11) is 0. The second-order valence-corrected chi connectivity index (χ2v) is 6.04. The molecule has 142 valence electrons. The van der Waals surface area contributed by atoms with E-state index in [-0.39, 0.29) is 30.2 Å². The standard InChI is InChI=1S/C20H16FN3O4/c21-17-8-7-16(24(27)28)12-18(17)23-19(25)9-10-22-20(26)15-6-5-13-3-1-2-4-14(13)11-15/h1-8,11-12H,9-10H2,(H,22,26)(H,23,25). The van der Waals surface area contributed by atoms with Gasteiger partial charge in [-0.2, -0.15) is 0 Å². The monoisotopic (exact) mass is 381 g/mol. The molecule has 0 aromatic heterocycles. The maximum Gasteiger partial charge on any atom is 0.271 e. The third-order valence-electron chi connectivity index (χ3n) is 4.08. The SMILES string of the molecule is O=C(CCNC(=O)c1ccc2ccccc2c1)Nc1cc([N+](=O)[O-])ccc1F. The van der Waals surface area contributed by atoms with Gasteiger partial charge in [0, 0.05) is 30.7 Å². The van der Waals surface area contributed by atoms with Crippen molar-refractivity contribution in [2.24, 2.45) is 0 Å². The number of nitro benzene ring substituents is 1. The van der Waals surface area contributed by atoms with E-state index in [0.29, 0.717) is 5.56 Å². The zero-order valence-corrected chi connectivity index (χ0v) is 14.6. The lowest BCUT2D eigenvalue weighted by Gasteiger charge is -2.08. The predicted molar refractivity (Wildman–Crippen MR) is 103 cm³/mol. The van der Waals surface area contributed by atoms with Crippen LogP contribution in [0.25, 0.3) is 10.8 Å². The van der Waals surface area contributed by atoms with Gasteiger partial charge >= 0.3 is 0 Å². The van der Waals surface area contributed by atoms with Crippen molar-refractivity contribution in [3.05, 3.63) is 82.2 Å². The highest BCUT2D eigenvalue weighted by atomic mass is 19.1. The number of nitrogens with one attached hydrogen (secondary N) is 2. The zero-order chi connectivity index (χ0) is 20.1. The Morgan fingerprint density at radius 1 is 1.00 bits per heavy atom. The van der Waals surface area contributed by atoms with Crippen molar-refractivity contribution in [1.82, 2.24) is 5.32 Å². The molecule has 0 saturated carbocycles. The zero-order valence-electron chi connectivity index (χ0n) is 14.6. The predicted octanol–water partition coefficient (Wildman–Crippen LogP) is 3.65. The average Bonchev–Trinajstić information content (AvgIpc) is 2.69.